The van der Waals surface area contributed by atoms with Crippen LogP contribution >= 0.6 is 15.2 Å². The molecule has 0 atom stereocenters. The second-order valence-electron chi connectivity index (χ2n) is 4.02. The predicted molar refractivity (Wildman–Crippen MR) is 59.1 cm³/mol. The lowest BCUT2D eigenvalue weighted by Crippen LogP contribution is -2.41. The molecule has 13 heteroatoms. The zero-order valence-corrected chi connectivity index (χ0v) is 12.1. The van der Waals surface area contributed by atoms with Crippen molar-refractivity contribution in [2.75, 3.05) is 5.32 Å². The van der Waals surface area contributed by atoms with Gasteiger partial charge in [-0.2, -0.15) is 13.2 Å². The average molecular weight is 359 g/mol. The Morgan fingerprint density at radius 2 is 1.41 bits per heavy atom. The zero-order chi connectivity index (χ0) is 17.3. The largest absolute Gasteiger partial charge is 0.810 e. The standard InChI is InChI=1S/C9H10F3NO7P2/c10-9(11,12)5-1-3-6(4-2-5)13-7(14)8(21(15,16)17)22(18,19)20/h1-4,8H,(H,13,14)(H2,15,16,17)(H2,18,19,20)/p-4. The normalized spacial score (nSPS) is 13.3. The van der Waals surface area contributed by atoms with Crippen LogP contribution in [0.4, 0.5) is 18.9 Å². The van der Waals surface area contributed by atoms with E-state index in [-0.39, 0.29) is 0 Å². The van der Waals surface area contributed by atoms with Crippen molar-refractivity contribution in [2.45, 2.75) is 11.6 Å². The summed E-state index contributed by atoms with van der Waals surface area (Å²) in [6.07, 6.45) is -4.66. The molecule has 0 aliphatic carbocycles. The molecule has 0 bridgehead atoms. The smallest absolute Gasteiger partial charge is 0.416 e. The molecular weight excluding hydrogens is 353 g/mol. The molecular formula is C9H6F3NO7P2-4. The van der Waals surface area contributed by atoms with E-state index < -0.39 is 43.9 Å². The van der Waals surface area contributed by atoms with Crippen LogP contribution in [0.2, 0.25) is 0 Å². The number of halogens is 3. The summed E-state index contributed by atoms with van der Waals surface area (Å²) in [6, 6.07) is 2.43. The number of benzene rings is 1. The van der Waals surface area contributed by atoms with Crippen molar-refractivity contribution in [1.29, 1.82) is 0 Å². The Morgan fingerprint density at radius 1 is 1.00 bits per heavy atom. The first-order valence-electron chi connectivity index (χ1n) is 5.24. The minimum absolute atomic E-state index is 0.426. The molecule has 0 spiro atoms. The van der Waals surface area contributed by atoms with Crippen LogP contribution < -0.4 is 24.9 Å². The maximum atomic E-state index is 12.3. The number of alkyl halides is 3. The van der Waals surface area contributed by atoms with Crippen LogP contribution in [0.25, 0.3) is 0 Å². The van der Waals surface area contributed by atoms with Gasteiger partial charge in [0.2, 0.25) is 5.91 Å². The molecule has 1 aromatic rings. The van der Waals surface area contributed by atoms with Gasteiger partial charge in [-0.25, -0.2) is 0 Å². The highest BCUT2D eigenvalue weighted by Crippen LogP contribution is 2.50. The summed E-state index contributed by atoms with van der Waals surface area (Å²) in [6.45, 7) is 0. The summed E-state index contributed by atoms with van der Waals surface area (Å²) in [5.41, 5.74) is -1.51. The Kier molecular flexibility index (Phi) is 5.23. The van der Waals surface area contributed by atoms with Gasteiger partial charge in [-0.15, -0.1) is 0 Å². The monoisotopic (exact) mass is 359 g/mol. The second-order valence-corrected chi connectivity index (χ2v) is 7.62. The summed E-state index contributed by atoms with van der Waals surface area (Å²) in [4.78, 5) is 54.2. The number of carbonyl (C=O) groups is 1. The highest BCUT2D eigenvalue weighted by molar-refractivity contribution is 7.69. The molecule has 8 nitrogen and oxygen atoms in total. The molecule has 0 aromatic heterocycles. The van der Waals surface area contributed by atoms with Crippen LogP contribution in [0.5, 0.6) is 0 Å². The van der Waals surface area contributed by atoms with Crippen molar-refractivity contribution in [3.8, 4) is 0 Å². The van der Waals surface area contributed by atoms with Gasteiger partial charge in [-0.1, -0.05) is 0 Å². The summed E-state index contributed by atoms with van der Waals surface area (Å²) in [5, 5.41) is -1.80. The Morgan fingerprint density at radius 3 is 1.73 bits per heavy atom. The Bertz CT molecular complexity index is 626. The number of nitrogens with one attached hydrogen (secondary N) is 1. The van der Waals surface area contributed by atoms with Crippen LogP contribution in [0.1, 0.15) is 5.56 Å². The SMILES string of the molecule is O=C(Nc1ccc(C(F)(F)F)cc1)C(P(=O)([O-])[O-])P(=O)([O-])[O-]. The van der Waals surface area contributed by atoms with Crippen molar-refractivity contribution in [3.63, 3.8) is 0 Å². The number of hydrogen-bond donors (Lipinski definition) is 1. The molecule has 0 unspecified atom stereocenters. The van der Waals surface area contributed by atoms with Gasteiger partial charge in [-0.3, -0.25) is 4.79 Å². The highest BCUT2D eigenvalue weighted by atomic mass is 31.2. The van der Waals surface area contributed by atoms with E-state index in [4.69, 9.17) is 0 Å². The molecule has 0 aliphatic heterocycles. The first kappa shape index (κ1) is 18.8. The fraction of sp³-hybridized carbons (Fsp3) is 0.222. The molecule has 0 fully saturated rings. The van der Waals surface area contributed by atoms with Crippen molar-refractivity contribution < 1.29 is 46.7 Å². The van der Waals surface area contributed by atoms with Crippen LogP contribution in [-0.4, -0.2) is 11.3 Å². The molecule has 0 radical (unpaired) electrons. The van der Waals surface area contributed by atoms with Gasteiger partial charge in [0.15, 0.2) is 0 Å². The Balaban J connectivity index is 3.01. The van der Waals surface area contributed by atoms with E-state index in [0.717, 1.165) is 0 Å². The van der Waals surface area contributed by atoms with Gasteiger partial charge < -0.3 is 34.0 Å². The molecule has 1 N–H and O–H groups in total. The van der Waals surface area contributed by atoms with Gasteiger partial charge in [0, 0.05) is 5.69 Å². The number of carbonyl (C=O) groups excluding carboxylic acids is 1. The van der Waals surface area contributed by atoms with Crippen molar-refractivity contribution in [1.82, 2.24) is 0 Å². The number of rotatable bonds is 4. The van der Waals surface area contributed by atoms with Crippen LogP contribution in [-0.2, 0) is 20.1 Å². The van der Waals surface area contributed by atoms with E-state index in [9.17, 15) is 46.7 Å². The second kappa shape index (κ2) is 6.11. The van der Waals surface area contributed by atoms with Gasteiger partial charge in [-0.05, 0) is 39.5 Å². The van der Waals surface area contributed by atoms with Crippen LogP contribution in [0.3, 0.4) is 0 Å². The van der Waals surface area contributed by atoms with E-state index >= 15 is 0 Å². The van der Waals surface area contributed by atoms with Crippen LogP contribution in [0.15, 0.2) is 24.3 Å². The third kappa shape index (κ3) is 4.91. The number of hydrogen-bond acceptors (Lipinski definition) is 7. The summed E-state index contributed by atoms with van der Waals surface area (Å²) in [7, 11) is -12.2. The van der Waals surface area contributed by atoms with Gasteiger partial charge in [0.1, 0.15) is 0 Å². The molecule has 124 valence electrons. The van der Waals surface area contributed by atoms with Crippen molar-refractivity contribution in [2.24, 2.45) is 0 Å². The Labute approximate surface area is 121 Å². The average Bonchev–Trinajstić information content (AvgIpc) is 2.23. The van der Waals surface area contributed by atoms with Gasteiger partial charge in [0.05, 0.1) is 11.0 Å². The first-order chi connectivity index (χ1) is 9.73. The lowest BCUT2D eigenvalue weighted by molar-refractivity contribution is -0.328. The first-order valence-corrected chi connectivity index (χ1v) is 8.47. The fourth-order valence-electron chi connectivity index (χ4n) is 1.41. The molecule has 1 amide bonds. The number of anilines is 1. The van der Waals surface area contributed by atoms with Crippen molar-refractivity contribution >= 4 is 26.8 Å². The molecule has 22 heavy (non-hydrogen) atoms. The van der Waals surface area contributed by atoms with Gasteiger partial charge in [0.25, 0.3) is 0 Å². The molecule has 0 saturated carbocycles. The predicted octanol–water partition coefficient (Wildman–Crippen LogP) is -1.20. The summed E-state index contributed by atoms with van der Waals surface area (Å²) >= 11 is 0. The fourth-order valence-corrected chi connectivity index (χ4v) is 3.50. The summed E-state index contributed by atoms with van der Waals surface area (Å²) in [5.74, 6) is -1.96. The van der Waals surface area contributed by atoms with Crippen LogP contribution in [0, 0.1) is 0 Å². The maximum Gasteiger partial charge on any atom is 0.416 e. The maximum absolute atomic E-state index is 12.3. The van der Waals surface area contributed by atoms with E-state index in [1.54, 1.807) is 5.32 Å². The van der Waals surface area contributed by atoms with Gasteiger partial charge >= 0.3 is 6.18 Å². The van der Waals surface area contributed by atoms with Crippen molar-refractivity contribution in [3.05, 3.63) is 29.8 Å². The third-order valence-electron chi connectivity index (χ3n) is 2.31. The Hall–Kier alpha value is -1.22. The zero-order valence-electron chi connectivity index (χ0n) is 10.3. The van der Waals surface area contributed by atoms with E-state index in [1.807, 2.05) is 0 Å². The minimum atomic E-state index is -6.11. The molecule has 0 aliphatic rings. The molecule has 0 saturated heterocycles. The van der Waals surface area contributed by atoms with E-state index in [2.05, 4.69) is 0 Å². The summed E-state index contributed by atoms with van der Waals surface area (Å²) < 4.78 is 58.3. The van der Waals surface area contributed by atoms with E-state index in [1.165, 1.54) is 0 Å². The third-order valence-corrected chi connectivity index (χ3v) is 5.68. The number of amides is 1. The topological polar surface area (TPSA) is 155 Å². The molecule has 0 heterocycles. The molecule has 1 aromatic carbocycles. The lowest BCUT2D eigenvalue weighted by Gasteiger charge is -2.47. The minimum Gasteiger partial charge on any atom is -0.810 e. The lowest BCUT2D eigenvalue weighted by atomic mass is 10.2. The highest BCUT2D eigenvalue weighted by Gasteiger charge is 2.30. The van der Waals surface area contributed by atoms with E-state index in [0.29, 0.717) is 24.3 Å². The quantitative estimate of drug-likeness (QED) is 0.662. The molecule has 1 rings (SSSR count).